The molecule has 0 bridgehead atoms. The maximum Gasteiger partial charge on any atom is 0.0582 e. The second kappa shape index (κ2) is 7.05. The maximum atomic E-state index is 3.69. The fraction of sp³-hybridized carbons (Fsp3) is 0.333. The SMILES string of the molecule is CCCNC(c1ccccc1C)c1cccc(Br)c1C. The molecular weight excluding hydrogens is 310 g/mol. The van der Waals surface area contributed by atoms with Crippen LogP contribution in [0.2, 0.25) is 0 Å². The molecule has 0 aliphatic carbocycles. The van der Waals surface area contributed by atoms with E-state index in [2.05, 4.69) is 84.5 Å². The van der Waals surface area contributed by atoms with Crippen molar-refractivity contribution in [3.63, 3.8) is 0 Å². The van der Waals surface area contributed by atoms with Gasteiger partial charge < -0.3 is 5.32 Å². The molecule has 2 heteroatoms. The zero-order chi connectivity index (χ0) is 14.5. The van der Waals surface area contributed by atoms with E-state index >= 15 is 0 Å². The third-order valence-electron chi connectivity index (χ3n) is 3.72. The minimum Gasteiger partial charge on any atom is -0.306 e. The molecule has 2 aromatic carbocycles. The van der Waals surface area contributed by atoms with Gasteiger partial charge in [0.25, 0.3) is 0 Å². The number of nitrogens with one attached hydrogen (secondary N) is 1. The van der Waals surface area contributed by atoms with E-state index in [0.717, 1.165) is 13.0 Å². The molecule has 1 N–H and O–H groups in total. The van der Waals surface area contributed by atoms with Crippen molar-refractivity contribution in [1.82, 2.24) is 5.32 Å². The maximum absolute atomic E-state index is 3.69. The van der Waals surface area contributed by atoms with E-state index in [-0.39, 0.29) is 6.04 Å². The monoisotopic (exact) mass is 331 g/mol. The van der Waals surface area contributed by atoms with Gasteiger partial charge >= 0.3 is 0 Å². The Labute approximate surface area is 130 Å². The summed E-state index contributed by atoms with van der Waals surface area (Å²) in [5, 5.41) is 3.69. The van der Waals surface area contributed by atoms with Crippen LogP contribution in [0.25, 0.3) is 0 Å². The van der Waals surface area contributed by atoms with Gasteiger partial charge in [0.15, 0.2) is 0 Å². The summed E-state index contributed by atoms with van der Waals surface area (Å²) in [7, 11) is 0. The van der Waals surface area contributed by atoms with Crippen LogP contribution in [-0.4, -0.2) is 6.54 Å². The van der Waals surface area contributed by atoms with E-state index in [4.69, 9.17) is 0 Å². The summed E-state index contributed by atoms with van der Waals surface area (Å²) >= 11 is 3.65. The Morgan fingerprint density at radius 1 is 1.00 bits per heavy atom. The predicted molar refractivity (Wildman–Crippen MR) is 90.2 cm³/mol. The first-order chi connectivity index (χ1) is 9.65. The van der Waals surface area contributed by atoms with Crippen molar-refractivity contribution in [1.29, 1.82) is 0 Å². The molecule has 20 heavy (non-hydrogen) atoms. The van der Waals surface area contributed by atoms with E-state index < -0.39 is 0 Å². The van der Waals surface area contributed by atoms with Crippen molar-refractivity contribution in [2.75, 3.05) is 6.54 Å². The van der Waals surface area contributed by atoms with Gasteiger partial charge in [0.2, 0.25) is 0 Å². The minimum absolute atomic E-state index is 0.258. The van der Waals surface area contributed by atoms with E-state index in [0.29, 0.717) is 0 Å². The largest absolute Gasteiger partial charge is 0.306 e. The lowest BCUT2D eigenvalue weighted by Crippen LogP contribution is -2.24. The van der Waals surface area contributed by atoms with E-state index in [1.165, 1.54) is 26.7 Å². The third-order valence-corrected chi connectivity index (χ3v) is 4.58. The Kier molecular flexibility index (Phi) is 5.38. The molecule has 1 unspecified atom stereocenters. The quantitative estimate of drug-likeness (QED) is 0.798. The summed E-state index contributed by atoms with van der Waals surface area (Å²) < 4.78 is 1.17. The lowest BCUT2D eigenvalue weighted by Gasteiger charge is -2.23. The summed E-state index contributed by atoms with van der Waals surface area (Å²) in [6.45, 7) is 7.59. The van der Waals surface area contributed by atoms with E-state index in [9.17, 15) is 0 Å². The Balaban J connectivity index is 2.47. The number of hydrogen-bond acceptors (Lipinski definition) is 1. The first-order valence-corrected chi connectivity index (χ1v) is 7.98. The van der Waals surface area contributed by atoms with E-state index in [1.54, 1.807) is 0 Å². The Morgan fingerprint density at radius 2 is 1.70 bits per heavy atom. The molecule has 0 aromatic heterocycles. The highest BCUT2D eigenvalue weighted by Crippen LogP contribution is 2.30. The minimum atomic E-state index is 0.258. The summed E-state index contributed by atoms with van der Waals surface area (Å²) in [5.74, 6) is 0. The number of rotatable bonds is 5. The molecule has 0 amide bonds. The van der Waals surface area contributed by atoms with Gasteiger partial charge in [-0.3, -0.25) is 0 Å². The summed E-state index contributed by atoms with van der Waals surface area (Å²) in [4.78, 5) is 0. The van der Waals surface area contributed by atoms with Crippen LogP contribution in [0.3, 0.4) is 0 Å². The molecule has 0 saturated heterocycles. The normalized spacial score (nSPS) is 12.4. The molecule has 0 spiro atoms. The van der Waals surface area contributed by atoms with Crippen molar-refractivity contribution >= 4 is 15.9 Å². The molecule has 106 valence electrons. The first kappa shape index (κ1) is 15.3. The lowest BCUT2D eigenvalue weighted by atomic mass is 9.92. The van der Waals surface area contributed by atoms with Crippen molar-refractivity contribution in [2.24, 2.45) is 0 Å². The highest BCUT2D eigenvalue weighted by atomic mass is 79.9. The zero-order valence-corrected chi connectivity index (χ0v) is 14.0. The molecule has 1 nitrogen and oxygen atoms in total. The number of halogens is 1. The fourth-order valence-electron chi connectivity index (χ4n) is 2.52. The van der Waals surface area contributed by atoms with Gasteiger partial charge in [0, 0.05) is 4.47 Å². The van der Waals surface area contributed by atoms with Crippen molar-refractivity contribution in [2.45, 2.75) is 33.2 Å². The lowest BCUT2D eigenvalue weighted by molar-refractivity contribution is 0.594. The van der Waals surface area contributed by atoms with Crippen LogP contribution in [0, 0.1) is 13.8 Å². The van der Waals surface area contributed by atoms with Gasteiger partial charge in [0.05, 0.1) is 6.04 Å². The van der Waals surface area contributed by atoms with Gasteiger partial charge in [-0.15, -0.1) is 0 Å². The van der Waals surface area contributed by atoms with Gasteiger partial charge in [-0.25, -0.2) is 0 Å². The van der Waals surface area contributed by atoms with Crippen molar-refractivity contribution < 1.29 is 0 Å². The number of aryl methyl sites for hydroxylation is 1. The summed E-state index contributed by atoms with van der Waals surface area (Å²) in [6.07, 6.45) is 1.13. The molecule has 0 fully saturated rings. The van der Waals surface area contributed by atoms with Gasteiger partial charge in [-0.05, 0) is 55.1 Å². The smallest absolute Gasteiger partial charge is 0.0582 e. The zero-order valence-electron chi connectivity index (χ0n) is 12.4. The van der Waals surface area contributed by atoms with Crippen LogP contribution in [0.1, 0.15) is 41.6 Å². The second-order valence-corrected chi connectivity index (χ2v) is 6.05. The Morgan fingerprint density at radius 3 is 2.40 bits per heavy atom. The number of benzene rings is 2. The molecular formula is C18H22BrN. The van der Waals surface area contributed by atoms with Crippen molar-refractivity contribution in [3.05, 3.63) is 69.2 Å². The average Bonchev–Trinajstić information content (AvgIpc) is 2.45. The van der Waals surface area contributed by atoms with Gasteiger partial charge in [-0.2, -0.15) is 0 Å². The third kappa shape index (κ3) is 3.31. The Hall–Kier alpha value is -1.12. The topological polar surface area (TPSA) is 12.0 Å². The standard InChI is InChI=1S/C18H22BrN/c1-4-12-20-18(15-9-6-5-8-13(15)2)16-10-7-11-17(19)14(16)3/h5-11,18,20H,4,12H2,1-3H3. The molecule has 1 atom stereocenters. The van der Waals surface area contributed by atoms with Crippen LogP contribution in [0.15, 0.2) is 46.9 Å². The average molecular weight is 332 g/mol. The second-order valence-electron chi connectivity index (χ2n) is 5.20. The molecule has 2 aromatic rings. The van der Waals surface area contributed by atoms with Crippen LogP contribution in [0.4, 0.5) is 0 Å². The van der Waals surface area contributed by atoms with Gasteiger partial charge in [-0.1, -0.05) is 59.3 Å². The highest BCUT2D eigenvalue weighted by Gasteiger charge is 2.17. The molecule has 2 rings (SSSR count). The highest BCUT2D eigenvalue weighted by molar-refractivity contribution is 9.10. The molecule has 0 aliphatic heterocycles. The van der Waals surface area contributed by atoms with Crippen LogP contribution < -0.4 is 5.32 Å². The van der Waals surface area contributed by atoms with Crippen LogP contribution >= 0.6 is 15.9 Å². The fourth-order valence-corrected chi connectivity index (χ4v) is 2.91. The number of hydrogen-bond donors (Lipinski definition) is 1. The van der Waals surface area contributed by atoms with Crippen molar-refractivity contribution in [3.8, 4) is 0 Å². The molecule has 0 heterocycles. The molecule has 0 saturated carbocycles. The molecule has 0 radical (unpaired) electrons. The van der Waals surface area contributed by atoms with Gasteiger partial charge in [0.1, 0.15) is 0 Å². The van der Waals surface area contributed by atoms with E-state index in [1.807, 2.05) is 0 Å². The Bertz CT molecular complexity index is 577. The summed E-state index contributed by atoms with van der Waals surface area (Å²) in [6, 6.07) is 15.3. The van der Waals surface area contributed by atoms with Crippen LogP contribution in [0.5, 0.6) is 0 Å². The predicted octanol–water partition coefficient (Wildman–Crippen LogP) is 5.15. The van der Waals surface area contributed by atoms with Crippen LogP contribution in [-0.2, 0) is 0 Å². The molecule has 0 aliphatic rings. The first-order valence-electron chi connectivity index (χ1n) is 7.19. The summed E-state index contributed by atoms with van der Waals surface area (Å²) in [5.41, 5.74) is 5.36.